The molecule has 0 radical (unpaired) electrons. The van der Waals surface area contributed by atoms with Gasteiger partial charge in [0.2, 0.25) is 0 Å². The molecule has 139 heavy (non-hydrogen) atoms. The fourth-order valence-corrected chi connectivity index (χ4v) is 19.1. The molecule has 1 aliphatic carbocycles. The number of aromatic nitrogens is 12. The van der Waals surface area contributed by atoms with Crippen LogP contribution in [0.2, 0.25) is 20.1 Å². The number of nitrogens with one attached hydrogen (secondary N) is 3. The van der Waals surface area contributed by atoms with Gasteiger partial charge in [0.1, 0.15) is 119 Å². The van der Waals surface area contributed by atoms with E-state index in [2.05, 4.69) is 40.9 Å². The summed E-state index contributed by atoms with van der Waals surface area (Å²) in [7, 11) is 3.89. The van der Waals surface area contributed by atoms with Gasteiger partial charge in [-0.1, -0.05) is 74.1 Å². The third-order valence-corrected chi connectivity index (χ3v) is 26.2. The molecule has 4 aliphatic heterocycles. The van der Waals surface area contributed by atoms with Crippen LogP contribution in [0.5, 0.6) is 23.0 Å². The van der Waals surface area contributed by atoms with Crippen molar-refractivity contribution in [2.45, 2.75) is 221 Å². The monoisotopic (exact) mass is 2000 g/mol. The summed E-state index contributed by atoms with van der Waals surface area (Å²) in [6, 6.07) is 6.00. The number of halogens is 8. The molecule has 744 valence electrons. The number of morpholine rings is 1. The number of likely N-dealkylation sites (N-methyl/N-ethyl adjacent to an activating group) is 1. The lowest BCUT2D eigenvalue weighted by molar-refractivity contribution is -0.173. The molecule has 1 saturated carbocycles. The zero-order valence-corrected chi connectivity index (χ0v) is 83.9. The Hall–Kier alpha value is -11.7. The molecule has 12 aromatic rings. The van der Waals surface area contributed by atoms with Gasteiger partial charge < -0.3 is 86.9 Å². The molecule has 12 heterocycles. The number of likely N-dealkylation sites (tertiary alicyclic amines) is 1. The Kier molecular flexibility index (Phi) is 31.5. The smallest absolute Gasteiger partial charge is 0.260 e. The van der Waals surface area contributed by atoms with Gasteiger partial charge in [-0.3, -0.25) is 36.8 Å². The summed E-state index contributed by atoms with van der Waals surface area (Å²) in [6.45, 7) is 32.9. The number of nitrogens with two attached hydrogens (primary N) is 4. The highest BCUT2D eigenvalue weighted by Crippen LogP contribution is 2.48. The molecule has 33 nitrogen and oxygen atoms in total. The molecule has 4 aromatic carbocycles. The molecule has 8 aromatic heterocycles. The Morgan fingerprint density at radius 1 is 0.475 bits per heavy atom. The highest BCUT2D eigenvalue weighted by Gasteiger charge is 2.47. The number of carbonyl (C=O) groups is 4. The number of hydrogen-bond donors (Lipinski definition) is 8. The number of benzene rings is 4. The Morgan fingerprint density at radius 2 is 0.784 bits per heavy atom. The molecule has 17 rings (SSSR count). The third-order valence-electron chi connectivity index (χ3n) is 25.1. The van der Waals surface area contributed by atoms with Crippen molar-refractivity contribution in [2.75, 3.05) is 96.2 Å². The van der Waals surface area contributed by atoms with Gasteiger partial charge in [0.25, 0.3) is 23.6 Å². The second kappa shape index (κ2) is 42.4. The summed E-state index contributed by atoms with van der Waals surface area (Å²) >= 11 is 25.3. The number of hydrogen-bond acceptors (Lipinski definition) is 25. The summed E-state index contributed by atoms with van der Waals surface area (Å²) in [5.74, 6) is -2.35. The van der Waals surface area contributed by atoms with Crippen LogP contribution in [0.15, 0.2) is 73.8 Å². The number of imidazole rings is 4. The number of fused-ring (bicyclic) bond motifs is 6. The van der Waals surface area contributed by atoms with Crippen molar-refractivity contribution >= 4 is 115 Å². The van der Waals surface area contributed by atoms with Gasteiger partial charge in [-0.2, -0.15) is 0 Å². The van der Waals surface area contributed by atoms with Crippen LogP contribution in [0.3, 0.4) is 0 Å². The van der Waals surface area contributed by atoms with Crippen LogP contribution in [0, 0.1) is 56.9 Å². The van der Waals surface area contributed by atoms with Crippen LogP contribution in [0.25, 0.3) is 22.1 Å². The molecule has 4 saturated heterocycles. The second-order valence-electron chi connectivity index (χ2n) is 37.6. The lowest BCUT2D eigenvalue weighted by Crippen LogP contribution is -2.57. The molecule has 5 fully saturated rings. The molecular formula is C98H119Cl4F4N21O12. The number of anilines is 4. The van der Waals surface area contributed by atoms with E-state index in [9.17, 15) is 24.3 Å². The molecule has 41 heteroatoms. The number of nitrogens with zero attached hydrogens (tertiary/aromatic N) is 14. The van der Waals surface area contributed by atoms with Crippen molar-refractivity contribution in [1.29, 1.82) is 0 Å². The minimum atomic E-state index is -1.18. The van der Waals surface area contributed by atoms with Crippen molar-refractivity contribution in [3.8, 4) is 23.0 Å². The molecular weight excluding hydrogens is 1880 g/mol. The van der Waals surface area contributed by atoms with E-state index >= 15 is 17.6 Å². The van der Waals surface area contributed by atoms with Gasteiger partial charge in [0.15, 0.2) is 23.3 Å². The lowest BCUT2D eigenvalue weighted by Gasteiger charge is -2.36. The normalized spacial score (nSPS) is 16.9. The Balaban J connectivity index is 0.000000148. The van der Waals surface area contributed by atoms with Crippen LogP contribution in [-0.4, -0.2) is 217 Å². The maximum Gasteiger partial charge on any atom is 0.260 e. The van der Waals surface area contributed by atoms with Gasteiger partial charge >= 0.3 is 0 Å². The van der Waals surface area contributed by atoms with Gasteiger partial charge in [-0.05, 0) is 166 Å². The molecule has 2 bridgehead atoms. The van der Waals surface area contributed by atoms with Crippen molar-refractivity contribution in [3.05, 3.63) is 208 Å². The van der Waals surface area contributed by atoms with E-state index in [1.807, 2.05) is 134 Å². The van der Waals surface area contributed by atoms with Gasteiger partial charge in [0.05, 0.1) is 105 Å². The molecule has 6 unspecified atom stereocenters. The van der Waals surface area contributed by atoms with Gasteiger partial charge in [-0.25, -0.2) is 57.4 Å². The zero-order valence-electron chi connectivity index (χ0n) is 80.9. The summed E-state index contributed by atoms with van der Waals surface area (Å²) in [5.41, 5.74) is 29.7. The minimum Gasteiger partial charge on any atom is -0.490 e. The fraction of sp³-hybridized carbons (Fsp3) is 0.469. The van der Waals surface area contributed by atoms with Crippen LogP contribution in [0.1, 0.15) is 255 Å². The first-order chi connectivity index (χ1) is 65.8. The van der Waals surface area contributed by atoms with E-state index in [4.69, 9.17) is 117 Å². The molecule has 4 amide bonds. The Bertz CT molecular complexity index is 6650. The summed E-state index contributed by atoms with van der Waals surface area (Å²) in [5, 5.41) is 18.1. The highest BCUT2D eigenvalue weighted by atomic mass is 35.5. The van der Waals surface area contributed by atoms with E-state index in [0.717, 1.165) is 44.2 Å². The van der Waals surface area contributed by atoms with Crippen LogP contribution >= 0.6 is 46.4 Å². The van der Waals surface area contributed by atoms with E-state index in [1.54, 1.807) is 68.3 Å². The number of carbonyl (C=O) groups excluding carboxylic acids is 4. The van der Waals surface area contributed by atoms with Crippen LogP contribution < -0.4 is 57.8 Å². The number of nitrogen functional groups attached to an aromatic ring is 4. The number of aryl methyl sites for hydroxylation is 4. The Labute approximate surface area is 822 Å². The third kappa shape index (κ3) is 21.8. The molecule has 5 aliphatic rings. The fourth-order valence-electron chi connectivity index (χ4n) is 18.3. The number of ether oxygens (including phenoxy) is 7. The molecule has 0 spiro atoms. The number of rotatable bonds is 27. The highest BCUT2D eigenvalue weighted by molar-refractivity contribution is 6.32. The first kappa shape index (κ1) is 103. The standard InChI is InChI=1S/C25H32ClFN6O2.C25H29ClFN5O3.C25H31ClFN5O3.C23H27ClFN5O4/c1-13(2)35-21-16(14(3)23-30-15(4)20-22(28)29-9-10-33(20)23)11-17(26)19(27)18(21)24(34)31-25(7-8-25)12-32(5)6;1-12(2)34-22-17(13(3)24-30-14(4)21-23(28)29-7-8-32(21)24)9-18(26)20(27)19(22)25(33)31-10-15-5-6-16(11-31)35-15;1-13(2)35-22-17(14(3)24-31-15(4)21-23(28)29-7-8-32(21)24)11-18(26)20(27)19(22)25(33)30-12-16-5-9-34-10-6-16;1-11(2)34-19-14(12(3)21-29-13(4)18-20(26)27-5-6-30(18)21)7-15(24)17(25)16(19)22(31)28-8-23(32)9-33-10-23/h9-11,13-14H,7-8,12H2,1-6H3,(H2,28,29)(H,31,34);7-9,12-13,15-16H,5-6,10-11H2,1-4H3,(H2,28,29);7-8,11,13-14,16H,5-6,9-10,12H2,1-4H3,(H2,28,29)(H,30,33);5-7,11-12,32H,8-10H2,1-4H3,(H2,26,27)(H,28,31). The Morgan fingerprint density at radius 3 is 1.09 bits per heavy atom. The van der Waals surface area contributed by atoms with Crippen molar-refractivity contribution in [2.24, 2.45) is 5.92 Å². The second-order valence-corrected chi connectivity index (χ2v) is 39.2. The van der Waals surface area contributed by atoms with Crippen LogP contribution in [-0.2, 0) is 14.2 Å². The summed E-state index contributed by atoms with van der Waals surface area (Å²) in [6.07, 6.45) is 17.3. The largest absolute Gasteiger partial charge is 0.490 e. The minimum absolute atomic E-state index is 0.0221. The summed E-state index contributed by atoms with van der Waals surface area (Å²) < 4.78 is 109. The average Bonchev–Trinajstić information content (AvgIpc) is 1.70. The van der Waals surface area contributed by atoms with Crippen LogP contribution in [0.4, 0.5) is 40.8 Å². The first-order valence-corrected chi connectivity index (χ1v) is 47.8. The lowest BCUT2D eigenvalue weighted by atomic mass is 9.95. The average molecular weight is 2000 g/mol. The van der Waals surface area contributed by atoms with E-state index < -0.39 is 76.2 Å². The van der Waals surface area contributed by atoms with Gasteiger partial charge in [0, 0.05) is 135 Å². The SMILES string of the molecule is Cc1nc(C(C)c2cc(Cl)c(F)c(C(=O)N3CC4CCC(C3)O4)c2OC(C)C)n2ccnc(N)c12.Cc1nc(C(C)c2cc(Cl)c(F)c(C(=O)NC3(CN(C)C)CC3)c2OC(C)C)n2ccnc(N)c12.Cc1nc(C(C)c2cc(Cl)c(F)c(C(=O)NCC3(O)COC3)c2OC(C)C)n2ccnc(N)c12.Cc1nc(C(C)c2cc(Cl)c(F)c(C(=O)NCC3CCOCC3)c2OC(C)C)n2ccnc(N)c12. The van der Waals surface area contributed by atoms with Crippen molar-refractivity contribution in [3.63, 3.8) is 0 Å². The zero-order chi connectivity index (χ0) is 101. The van der Waals surface area contributed by atoms with E-state index in [-0.39, 0.29) is 133 Å². The quantitative estimate of drug-likeness (QED) is 0.0222. The molecule has 6 atom stereocenters. The van der Waals surface area contributed by atoms with Crippen molar-refractivity contribution in [1.82, 2.24) is 83.2 Å². The summed E-state index contributed by atoms with van der Waals surface area (Å²) in [4.78, 5) is 92.6. The van der Waals surface area contributed by atoms with Crippen molar-refractivity contribution < 1.29 is 75.0 Å². The topological polar surface area (TPSA) is 421 Å². The predicted molar refractivity (Wildman–Crippen MR) is 523 cm³/mol. The maximum absolute atomic E-state index is 15.5. The number of amides is 4. The van der Waals surface area contributed by atoms with E-state index in [0.29, 0.717) is 147 Å². The number of aliphatic hydroxyl groups is 1. The first-order valence-electron chi connectivity index (χ1n) is 46.3. The van der Waals surface area contributed by atoms with Gasteiger partial charge in [-0.15, -0.1) is 0 Å². The van der Waals surface area contributed by atoms with E-state index in [1.165, 1.54) is 24.3 Å². The predicted octanol–water partition coefficient (Wildman–Crippen LogP) is 15.9. The molecule has 12 N–H and O–H groups in total. The maximum atomic E-state index is 15.5.